The Labute approximate surface area is 146 Å². The van der Waals surface area contributed by atoms with Crippen LogP contribution in [0.5, 0.6) is 11.5 Å². The lowest BCUT2D eigenvalue weighted by Crippen LogP contribution is -2.23. The Kier molecular flexibility index (Phi) is 5.00. The summed E-state index contributed by atoms with van der Waals surface area (Å²) >= 11 is 0. The number of methoxy groups -OCH3 is 1. The third-order valence-electron chi connectivity index (χ3n) is 3.81. The Hall–Kier alpha value is -3.26. The fourth-order valence-electron chi connectivity index (χ4n) is 2.61. The summed E-state index contributed by atoms with van der Waals surface area (Å²) in [7, 11) is 1.62. The van der Waals surface area contributed by atoms with Crippen molar-refractivity contribution < 1.29 is 9.47 Å². The van der Waals surface area contributed by atoms with Crippen molar-refractivity contribution >= 4 is 16.6 Å². The zero-order chi connectivity index (χ0) is 17.6. The van der Waals surface area contributed by atoms with Gasteiger partial charge in [-0.15, -0.1) is 0 Å². The van der Waals surface area contributed by atoms with E-state index >= 15 is 0 Å². The predicted octanol–water partition coefficient (Wildman–Crippen LogP) is 3.99. The number of benzene rings is 2. The van der Waals surface area contributed by atoms with Gasteiger partial charge in [0, 0.05) is 11.1 Å². The number of ether oxygens (including phenoxy) is 2. The average Bonchev–Trinajstić information content (AvgIpc) is 2.66. The second kappa shape index (κ2) is 7.54. The molecule has 0 saturated carbocycles. The molecule has 0 aliphatic carbocycles. The summed E-state index contributed by atoms with van der Waals surface area (Å²) in [5.74, 6) is 1.41. The first-order valence-electron chi connectivity index (χ1n) is 8.04. The molecule has 0 aliphatic heterocycles. The molecular formula is C20H19N3O2. The standard InChI is InChI=1S/C20H19N3O2/c1-14(25-20-10-6-5-9-19(20)24-2)13-22-18-11-15(12-21)23-17-8-4-3-7-16(17)18/h3-11,14H,13H2,1-2H3,(H,22,23). The molecule has 126 valence electrons. The third-order valence-corrected chi connectivity index (χ3v) is 3.81. The van der Waals surface area contributed by atoms with Crippen LogP contribution in [0, 0.1) is 11.3 Å². The SMILES string of the molecule is COc1ccccc1OC(C)CNc1cc(C#N)nc2ccccc12. The fourth-order valence-corrected chi connectivity index (χ4v) is 2.61. The number of nitriles is 1. The van der Waals surface area contributed by atoms with Crippen LogP contribution in [0.2, 0.25) is 0 Å². The first kappa shape index (κ1) is 16.6. The van der Waals surface area contributed by atoms with Gasteiger partial charge in [-0.25, -0.2) is 4.98 Å². The van der Waals surface area contributed by atoms with Gasteiger partial charge in [-0.2, -0.15) is 5.26 Å². The number of para-hydroxylation sites is 3. The molecule has 5 heteroatoms. The first-order valence-corrected chi connectivity index (χ1v) is 8.04. The molecular weight excluding hydrogens is 314 g/mol. The highest BCUT2D eigenvalue weighted by atomic mass is 16.5. The summed E-state index contributed by atoms with van der Waals surface area (Å²) in [5.41, 5.74) is 2.06. The van der Waals surface area contributed by atoms with Crippen LogP contribution in [0.1, 0.15) is 12.6 Å². The van der Waals surface area contributed by atoms with Crippen molar-refractivity contribution in [2.24, 2.45) is 0 Å². The van der Waals surface area contributed by atoms with E-state index in [1.54, 1.807) is 13.2 Å². The van der Waals surface area contributed by atoms with Crippen molar-refractivity contribution in [1.82, 2.24) is 4.98 Å². The molecule has 0 amide bonds. The average molecular weight is 333 g/mol. The van der Waals surface area contributed by atoms with E-state index in [0.29, 0.717) is 23.7 Å². The number of hydrogen-bond acceptors (Lipinski definition) is 5. The lowest BCUT2D eigenvalue weighted by Gasteiger charge is -2.18. The Morgan fingerprint density at radius 1 is 1.12 bits per heavy atom. The summed E-state index contributed by atoms with van der Waals surface area (Å²) in [6.45, 7) is 2.56. The Balaban J connectivity index is 1.75. The van der Waals surface area contributed by atoms with Crippen LogP contribution in [-0.4, -0.2) is 24.7 Å². The van der Waals surface area contributed by atoms with Gasteiger partial charge in [0.1, 0.15) is 17.9 Å². The quantitative estimate of drug-likeness (QED) is 0.738. The van der Waals surface area contributed by atoms with Crippen molar-refractivity contribution in [1.29, 1.82) is 5.26 Å². The Morgan fingerprint density at radius 3 is 2.60 bits per heavy atom. The number of aromatic nitrogens is 1. The van der Waals surface area contributed by atoms with Gasteiger partial charge < -0.3 is 14.8 Å². The van der Waals surface area contributed by atoms with E-state index in [2.05, 4.69) is 16.4 Å². The number of nitrogens with zero attached hydrogens (tertiary/aromatic N) is 2. The molecule has 0 radical (unpaired) electrons. The maximum atomic E-state index is 9.17. The van der Waals surface area contributed by atoms with Crippen molar-refractivity contribution in [3.05, 3.63) is 60.3 Å². The van der Waals surface area contributed by atoms with E-state index in [1.807, 2.05) is 55.5 Å². The molecule has 3 rings (SSSR count). The van der Waals surface area contributed by atoms with Crippen molar-refractivity contribution in [3.63, 3.8) is 0 Å². The topological polar surface area (TPSA) is 67.2 Å². The van der Waals surface area contributed by atoms with Crippen LogP contribution in [-0.2, 0) is 0 Å². The van der Waals surface area contributed by atoms with Gasteiger partial charge in [0.15, 0.2) is 11.5 Å². The highest BCUT2D eigenvalue weighted by molar-refractivity contribution is 5.91. The first-order chi connectivity index (χ1) is 12.2. The molecule has 1 aromatic heterocycles. The summed E-state index contributed by atoms with van der Waals surface area (Å²) in [6, 6.07) is 19.2. The molecule has 2 aromatic carbocycles. The molecule has 0 fully saturated rings. The van der Waals surface area contributed by atoms with E-state index in [1.165, 1.54) is 0 Å². The third kappa shape index (κ3) is 3.81. The minimum atomic E-state index is -0.0891. The number of nitrogens with one attached hydrogen (secondary N) is 1. The van der Waals surface area contributed by atoms with E-state index in [0.717, 1.165) is 16.6 Å². The lowest BCUT2D eigenvalue weighted by atomic mass is 10.1. The molecule has 25 heavy (non-hydrogen) atoms. The van der Waals surface area contributed by atoms with E-state index in [9.17, 15) is 5.26 Å². The molecule has 5 nitrogen and oxygen atoms in total. The second-order valence-corrected chi connectivity index (χ2v) is 5.64. The van der Waals surface area contributed by atoms with Crippen LogP contribution in [0.15, 0.2) is 54.6 Å². The molecule has 0 spiro atoms. The molecule has 1 N–H and O–H groups in total. The number of hydrogen-bond donors (Lipinski definition) is 1. The number of rotatable bonds is 6. The molecule has 0 saturated heterocycles. The van der Waals surface area contributed by atoms with Crippen LogP contribution < -0.4 is 14.8 Å². The van der Waals surface area contributed by atoms with Gasteiger partial charge in [-0.05, 0) is 31.2 Å². The van der Waals surface area contributed by atoms with Crippen molar-refractivity contribution in [2.75, 3.05) is 19.0 Å². The number of pyridine rings is 1. The van der Waals surface area contributed by atoms with E-state index in [4.69, 9.17) is 9.47 Å². The molecule has 3 aromatic rings. The minimum absolute atomic E-state index is 0.0891. The van der Waals surface area contributed by atoms with Crippen LogP contribution >= 0.6 is 0 Å². The second-order valence-electron chi connectivity index (χ2n) is 5.64. The monoisotopic (exact) mass is 333 g/mol. The summed E-state index contributed by atoms with van der Waals surface area (Å²) < 4.78 is 11.3. The number of anilines is 1. The van der Waals surface area contributed by atoms with Gasteiger partial charge in [-0.3, -0.25) is 0 Å². The van der Waals surface area contributed by atoms with Crippen molar-refractivity contribution in [3.8, 4) is 17.6 Å². The minimum Gasteiger partial charge on any atom is -0.493 e. The summed E-state index contributed by atoms with van der Waals surface area (Å²) in [5, 5.41) is 13.5. The summed E-state index contributed by atoms with van der Waals surface area (Å²) in [4.78, 5) is 4.32. The van der Waals surface area contributed by atoms with Gasteiger partial charge in [0.2, 0.25) is 0 Å². The summed E-state index contributed by atoms with van der Waals surface area (Å²) in [6.07, 6.45) is -0.0891. The zero-order valence-electron chi connectivity index (χ0n) is 14.2. The molecule has 0 aliphatic rings. The van der Waals surface area contributed by atoms with E-state index in [-0.39, 0.29) is 6.10 Å². The zero-order valence-corrected chi connectivity index (χ0v) is 14.2. The van der Waals surface area contributed by atoms with Crippen LogP contribution in [0.3, 0.4) is 0 Å². The van der Waals surface area contributed by atoms with Gasteiger partial charge in [-0.1, -0.05) is 30.3 Å². The van der Waals surface area contributed by atoms with Crippen LogP contribution in [0.25, 0.3) is 10.9 Å². The maximum absolute atomic E-state index is 9.17. The molecule has 1 heterocycles. The highest BCUT2D eigenvalue weighted by Gasteiger charge is 2.10. The molecule has 1 atom stereocenters. The largest absolute Gasteiger partial charge is 0.493 e. The van der Waals surface area contributed by atoms with E-state index < -0.39 is 0 Å². The van der Waals surface area contributed by atoms with Gasteiger partial charge in [0.05, 0.1) is 19.2 Å². The van der Waals surface area contributed by atoms with Crippen LogP contribution in [0.4, 0.5) is 5.69 Å². The lowest BCUT2D eigenvalue weighted by molar-refractivity contribution is 0.223. The van der Waals surface area contributed by atoms with Gasteiger partial charge in [0.25, 0.3) is 0 Å². The smallest absolute Gasteiger partial charge is 0.161 e. The molecule has 1 unspecified atom stereocenters. The van der Waals surface area contributed by atoms with Gasteiger partial charge >= 0.3 is 0 Å². The Bertz CT molecular complexity index is 918. The predicted molar refractivity (Wildman–Crippen MR) is 98.0 cm³/mol. The fraction of sp³-hybridized carbons (Fsp3) is 0.200. The maximum Gasteiger partial charge on any atom is 0.161 e. The highest BCUT2D eigenvalue weighted by Crippen LogP contribution is 2.27. The normalized spacial score (nSPS) is 11.6. The van der Waals surface area contributed by atoms with Crippen molar-refractivity contribution in [2.45, 2.75) is 13.0 Å². The Morgan fingerprint density at radius 2 is 1.84 bits per heavy atom. The molecule has 0 bridgehead atoms. The number of fused-ring (bicyclic) bond motifs is 1.